The van der Waals surface area contributed by atoms with Gasteiger partial charge in [0.25, 0.3) is 0 Å². The summed E-state index contributed by atoms with van der Waals surface area (Å²) in [6.45, 7) is 3.12. The minimum atomic E-state index is -1.82. The summed E-state index contributed by atoms with van der Waals surface area (Å²) in [5, 5.41) is 0. The Labute approximate surface area is 43.7 Å². The zero-order valence-electron chi connectivity index (χ0n) is 4.32. The highest BCUT2D eigenvalue weighted by atomic mass is 31.1. The third-order valence-corrected chi connectivity index (χ3v) is 0.686. The molecule has 0 bridgehead atoms. The van der Waals surface area contributed by atoms with Crippen molar-refractivity contribution < 1.29 is 9.09 Å². The quantitative estimate of drug-likeness (QED) is 0.380. The Bertz CT molecular complexity index is 119. The Morgan fingerprint density at radius 3 is 2.43 bits per heavy atom. The molecule has 0 aromatic heterocycles. The minimum Gasteiger partial charge on any atom is -0.394 e. The second-order valence-corrected chi connectivity index (χ2v) is 2.13. The maximum absolute atomic E-state index is 10.1. The highest BCUT2D eigenvalue weighted by Crippen LogP contribution is 2.12. The molecule has 0 aromatic carbocycles. The highest BCUT2D eigenvalue weighted by molar-refractivity contribution is 7.38. The number of hydrogen-bond donors (Lipinski definition) is 0. The summed E-state index contributed by atoms with van der Waals surface area (Å²) < 4.78 is 14.4. The molecule has 1 atom stereocenters. The summed E-state index contributed by atoms with van der Waals surface area (Å²) >= 11 is 0. The summed E-state index contributed by atoms with van der Waals surface area (Å²) in [5.41, 5.74) is 0. The molecule has 0 N–H and O–H groups in total. The predicted molar refractivity (Wildman–Crippen MR) is 29.5 cm³/mol. The summed E-state index contributed by atoms with van der Waals surface area (Å²) in [4.78, 5) is 0. The van der Waals surface area contributed by atoms with Crippen LogP contribution in [0.5, 0.6) is 0 Å². The molecule has 0 saturated heterocycles. The highest BCUT2D eigenvalue weighted by Gasteiger charge is 1.76. The zero-order valence-corrected chi connectivity index (χ0v) is 5.32. The predicted octanol–water partition coefficient (Wildman–Crippen LogP) is 1.09. The molecular weight excluding hydrogens is 111 g/mol. The lowest BCUT2D eigenvalue weighted by Gasteiger charge is -1.82. The number of hydrogen-bond acceptors (Lipinski definition) is 2. The molecule has 0 aliphatic carbocycles. The summed E-state index contributed by atoms with van der Waals surface area (Å²) in [6, 6.07) is 0. The van der Waals surface area contributed by atoms with Crippen molar-refractivity contribution in [2.24, 2.45) is 0 Å². The van der Waals surface area contributed by atoms with Crippen molar-refractivity contribution in [2.45, 2.75) is 6.92 Å². The van der Waals surface area contributed by atoms with Crippen LogP contribution in [0, 0.1) is 12.0 Å². The second-order valence-electron chi connectivity index (χ2n) is 0.946. The summed E-state index contributed by atoms with van der Waals surface area (Å²) in [6.07, 6.45) is 2.23. The lowest BCUT2D eigenvalue weighted by atomic mass is 10.8. The fourth-order valence-electron chi connectivity index (χ4n) is 0.123. The molecule has 40 valence electrons. The zero-order chi connectivity index (χ0) is 5.70. The Morgan fingerprint density at radius 1 is 1.71 bits per heavy atom. The van der Waals surface area contributed by atoms with Gasteiger partial charge in [-0.3, -0.25) is 4.57 Å². The third-order valence-electron chi connectivity index (χ3n) is 0.297. The van der Waals surface area contributed by atoms with Gasteiger partial charge in [-0.25, -0.2) is 0 Å². The van der Waals surface area contributed by atoms with Crippen molar-refractivity contribution in [1.82, 2.24) is 0 Å². The average Bonchev–Trinajstić information content (AvgIpc) is 1.61. The van der Waals surface area contributed by atoms with E-state index in [1.807, 2.05) is 0 Å². The van der Waals surface area contributed by atoms with E-state index in [0.29, 0.717) is 0 Å². The molecule has 2 nitrogen and oxygen atoms in total. The fraction of sp³-hybridized carbons (Fsp3) is 0.500. The Kier molecular flexibility index (Phi) is 3.55. The molecule has 0 fully saturated rings. The van der Waals surface area contributed by atoms with Gasteiger partial charge in [-0.2, -0.15) is 0 Å². The van der Waals surface area contributed by atoms with Gasteiger partial charge in [0.05, 0.1) is 0 Å². The van der Waals surface area contributed by atoms with Gasteiger partial charge in [-0.05, 0) is 0 Å². The minimum absolute atomic E-state index is 1.50. The molecule has 0 saturated carbocycles. The maximum Gasteiger partial charge on any atom is 0.244 e. The van der Waals surface area contributed by atoms with E-state index >= 15 is 0 Å². The first kappa shape index (κ1) is 6.59. The molecule has 0 aromatic rings. The van der Waals surface area contributed by atoms with Crippen molar-refractivity contribution in [2.75, 3.05) is 6.66 Å². The smallest absolute Gasteiger partial charge is 0.244 e. The lowest BCUT2D eigenvalue weighted by Crippen LogP contribution is -1.59. The van der Waals surface area contributed by atoms with Gasteiger partial charge in [-0.15, -0.1) is 0 Å². The van der Waals surface area contributed by atoms with E-state index in [4.69, 9.17) is 0 Å². The van der Waals surface area contributed by atoms with E-state index in [2.05, 4.69) is 16.6 Å². The van der Waals surface area contributed by atoms with Crippen LogP contribution in [0.2, 0.25) is 0 Å². The molecule has 0 radical (unpaired) electrons. The van der Waals surface area contributed by atoms with Crippen LogP contribution >= 0.6 is 8.03 Å². The van der Waals surface area contributed by atoms with E-state index in [-0.39, 0.29) is 0 Å². The first-order valence-electron chi connectivity index (χ1n) is 1.86. The van der Waals surface area contributed by atoms with Gasteiger partial charge in [0.2, 0.25) is 8.03 Å². The van der Waals surface area contributed by atoms with Crippen molar-refractivity contribution in [3.63, 3.8) is 0 Å². The van der Waals surface area contributed by atoms with Crippen LogP contribution in [0.25, 0.3) is 0 Å². The van der Waals surface area contributed by atoms with Crippen molar-refractivity contribution >= 4 is 8.03 Å². The summed E-state index contributed by atoms with van der Waals surface area (Å²) in [7, 11) is -1.82. The first-order valence-corrected chi connectivity index (χ1v) is 3.68. The van der Waals surface area contributed by atoms with Crippen molar-refractivity contribution in [3.8, 4) is 12.0 Å². The van der Waals surface area contributed by atoms with Crippen LogP contribution in [0.15, 0.2) is 0 Å². The van der Waals surface area contributed by atoms with E-state index in [9.17, 15) is 4.57 Å². The Morgan fingerprint density at radius 2 is 2.29 bits per heavy atom. The molecule has 0 heterocycles. The van der Waals surface area contributed by atoms with E-state index in [0.717, 1.165) is 0 Å². The molecule has 1 unspecified atom stereocenters. The third kappa shape index (κ3) is 5.59. The van der Waals surface area contributed by atoms with E-state index in [1.54, 1.807) is 6.92 Å². The van der Waals surface area contributed by atoms with Gasteiger partial charge < -0.3 is 4.52 Å². The molecular formula is C4H7O2P. The Balaban J connectivity index is 3.26. The van der Waals surface area contributed by atoms with Crippen LogP contribution in [-0.2, 0) is 9.09 Å². The largest absolute Gasteiger partial charge is 0.394 e. The average molecular weight is 118 g/mol. The van der Waals surface area contributed by atoms with E-state index in [1.165, 1.54) is 6.66 Å². The molecule has 3 heteroatoms. The fourth-order valence-corrected chi connectivity index (χ4v) is 0.369. The molecule has 0 aliphatic rings. The molecule has 0 aliphatic heterocycles. The maximum atomic E-state index is 10.1. The van der Waals surface area contributed by atoms with Crippen LogP contribution < -0.4 is 0 Å². The van der Waals surface area contributed by atoms with E-state index < -0.39 is 8.03 Å². The van der Waals surface area contributed by atoms with Crippen LogP contribution in [-0.4, -0.2) is 6.66 Å². The van der Waals surface area contributed by atoms with Gasteiger partial charge in [0.1, 0.15) is 6.11 Å². The molecule has 0 amide bonds. The van der Waals surface area contributed by atoms with Gasteiger partial charge >= 0.3 is 0 Å². The molecule has 0 rings (SSSR count). The van der Waals surface area contributed by atoms with Crippen LogP contribution in [0.4, 0.5) is 0 Å². The number of rotatable bonds is 1. The van der Waals surface area contributed by atoms with Gasteiger partial charge in [-0.1, -0.05) is 5.92 Å². The van der Waals surface area contributed by atoms with Crippen LogP contribution in [0.3, 0.4) is 0 Å². The monoisotopic (exact) mass is 118 g/mol. The molecule has 0 spiro atoms. The van der Waals surface area contributed by atoms with Crippen LogP contribution in [0.1, 0.15) is 6.92 Å². The second kappa shape index (κ2) is 3.77. The SMILES string of the molecule is CC#CO[PH](C)=O. The van der Waals surface area contributed by atoms with Gasteiger partial charge in [0, 0.05) is 13.6 Å². The normalized spacial score (nSPS) is 11.1. The lowest BCUT2D eigenvalue weighted by molar-refractivity contribution is 0.491. The topological polar surface area (TPSA) is 26.3 Å². The first-order chi connectivity index (χ1) is 3.27. The molecule has 7 heavy (non-hydrogen) atoms. The van der Waals surface area contributed by atoms with Gasteiger partial charge in [0.15, 0.2) is 0 Å². The standard InChI is InChI=1S/C4H7O2P/c1-3-4-6-7(2)5/h7H,1-2H3. The Hall–Kier alpha value is -0.410. The van der Waals surface area contributed by atoms with Crippen molar-refractivity contribution in [3.05, 3.63) is 0 Å². The van der Waals surface area contributed by atoms with Crippen molar-refractivity contribution in [1.29, 1.82) is 0 Å². The summed E-state index contributed by atoms with van der Waals surface area (Å²) in [5.74, 6) is 2.45.